The first-order valence-electron chi connectivity index (χ1n) is 12.6. The Balaban J connectivity index is 1.11. The molecule has 5 rings (SSSR count). The second-order valence-electron chi connectivity index (χ2n) is 9.09. The summed E-state index contributed by atoms with van der Waals surface area (Å²) in [5.41, 5.74) is 3.31. The molecule has 0 unspecified atom stereocenters. The van der Waals surface area contributed by atoms with Crippen LogP contribution in [0.1, 0.15) is 16.1 Å². The molecule has 0 saturated carbocycles. The van der Waals surface area contributed by atoms with Crippen LogP contribution in [0.15, 0.2) is 95.4 Å². The van der Waals surface area contributed by atoms with E-state index in [1.54, 1.807) is 49.6 Å². The van der Waals surface area contributed by atoms with Crippen LogP contribution in [-0.2, 0) is 4.79 Å². The van der Waals surface area contributed by atoms with Crippen molar-refractivity contribution in [1.29, 1.82) is 0 Å². The predicted molar refractivity (Wildman–Crippen MR) is 154 cm³/mol. The lowest BCUT2D eigenvalue weighted by Crippen LogP contribution is -2.48. The van der Waals surface area contributed by atoms with Crippen LogP contribution in [-0.4, -0.2) is 50.0 Å². The summed E-state index contributed by atoms with van der Waals surface area (Å²) in [4.78, 5) is 29.4. The molecule has 0 radical (unpaired) electrons. The summed E-state index contributed by atoms with van der Waals surface area (Å²) < 4.78 is 11.0. The Bertz CT molecular complexity index is 1450. The minimum Gasteiger partial charge on any atom is -0.497 e. The topological polar surface area (TPSA) is 75.0 Å². The molecule has 7 nitrogen and oxygen atoms in total. The number of methoxy groups -OCH3 is 1. The minimum atomic E-state index is -0.252. The van der Waals surface area contributed by atoms with E-state index in [1.165, 1.54) is 6.08 Å². The second-order valence-corrected chi connectivity index (χ2v) is 9.52. The smallest absolute Gasteiger partial charge is 0.253 e. The van der Waals surface area contributed by atoms with E-state index in [4.69, 9.17) is 20.8 Å². The van der Waals surface area contributed by atoms with E-state index < -0.39 is 0 Å². The van der Waals surface area contributed by atoms with Crippen molar-refractivity contribution >= 4 is 40.9 Å². The van der Waals surface area contributed by atoms with Crippen molar-refractivity contribution in [2.45, 2.75) is 0 Å². The monoisotopic (exact) mass is 541 g/mol. The van der Waals surface area contributed by atoms with E-state index in [0.717, 1.165) is 30.1 Å². The molecule has 1 saturated heterocycles. The maximum Gasteiger partial charge on any atom is 0.253 e. The van der Waals surface area contributed by atoms with Gasteiger partial charge in [-0.2, -0.15) is 0 Å². The van der Waals surface area contributed by atoms with Gasteiger partial charge in [0.15, 0.2) is 0 Å². The maximum absolute atomic E-state index is 12.8. The first-order valence-corrected chi connectivity index (χ1v) is 13.0. The van der Waals surface area contributed by atoms with Gasteiger partial charge < -0.3 is 24.3 Å². The molecular weight excluding hydrogens is 514 g/mol. The van der Waals surface area contributed by atoms with E-state index in [0.29, 0.717) is 40.9 Å². The lowest BCUT2D eigenvalue weighted by Gasteiger charge is -2.36. The lowest BCUT2D eigenvalue weighted by atomic mass is 10.1. The molecule has 1 aromatic heterocycles. The number of nitrogens with one attached hydrogen (secondary N) is 1. The highest BCUT2D eigenvalue weighted by molar-refractivity contribution is 6.30. The number of benzene rings is 3. The quantitative estimate of drug-likeness (QED) is 0.281. The highest BCUT2D eigenvalue weighted by Crippen LogP contribution is 2.25. The summed E-state index contributed by atoms with van der Waals surface area (Å²) in [6.07, 6.45) is 3.08. The Labute approximate surface area is 232 Å². The summed E-state index contributed by atoms with van der Waals surface area (Å²) in [6.45, 7) is 2.75. The van der Waals surface area contributed by atoms with E-state index in [-0.39, 0.29) is 11.8 Å². The molecule has 0 bridgehead atoms. The molecule has 1 N–H and O–H groups in total. The largest absolute Gasteiger partial charge is 0.497 e. The number of piperazine rings is 1. The average molecular weight is 542 g/mol. The number of rotatable bonds is 7. The van der Waals surface area contributed by atoms with Gasteiger partial charge in [-0.05, 0) is 91.0 Å². The number of furan rings is 1. The van der Waals surface area contributed by atoms with Crippen LogP contribution >= 0.6 is 11.6 Å². The number of halogens is 1. The van der Waals surface area contributed by atoms with Gasteiger partial charge >= 0.3 is 0 Å². The van der Waals surface area contributed by atoms with Crippen LogP contribution in [0, 0.1) is 0 Å². The zero-order chi connectivity index (χ0) is 27.2. The fraction of sp³-hybridized carbons (Fsp3) is 0.161. The van der Waals surface area contributed by atoms with E-state index >= 15 is 0 Å². The third kappa shape index (κ3) is 6.51. The van der Waals surface area contributed by atoms with Gasteiger partial charge in [0.25, 0.3) is 5.91 Å². The second kappa shape index (κ2) is 11.9. The zero-order valence-corrected chi connectivity index (χ0v) is 22.2. The Kier molecular flexibility index (Phi) is 7.99. The Hall–Kier alpha value is -4.49. The number of hydrogen-bond donors (Lipinski definition) is 1. The van der Waals surface area contributed by atoms with Gasteiger partial charge in [-0.3, -0.25) is 9.59 Å². The van der Waals surface area contributed by atoms with Gasteiger partial charge in [0, 0.05) is 59.8 Å². The first-order chi connectivity index (χ1) is 19.0. The normalized spacial score (nSPS) is 13.5. The Morgan fingerprint density at radius 1 is 0.872 bits per heavy atom. The van der Waals surface area contributed by atoms with Crippen LogP contribution < -0.4 is 15.0 Å². The number of amides is 2. The fourth-order valence-electron chi connectivity index (χ4n) is 4.39. The minimum absolute atomic E-state index is 0.0270. The van der Waals surface area contributed by atoms with Crippen LogP contribution in [0.4, 0.5) is 11.4 Å². The molecule has 198 valence electrons. The van der Waals surface area contributed by atoms with Crippen molar-refractivity contribution in [2.75, 3.05) is 43.5 Å². The summed E-state index contributed by atoms with van der Waals surface area (Å²) >= 11 is 5.94. The third-order valence-corrected chi connectivity index (χ3v) is 6.81. The standard InChI is InChI=1S/C31H28ClN3O4/c1-38-27-12-4-23(5-13-27)31(37)35-20-18-34(19-21-35)26-10-8-25(9-11-26)33-30(36)17-15-28-14-16-29(39-28)22-2-6-24(32)7-3-22/h2-17H,18-21H2,1H3,(H,33,36)/b17-15+. The van der Waals surface area contributed by atoms with Crippen molar-refractivity contribution in [1.82, 2.24) is 4.90 Å². The summed E-state index contributed by atoms with van der Waals surface area (Å²) in [5, 5.41) is 3.53. The highest BCUT2D eigenvalue weighted by atomic mass is 35.5. The number of nitrogens with zero attached hydrogens (tertiary/aromatic N) is 2. The van der Waals surface area contributed by atoms with Crippen molar-refractivity contribution < 1.29 is 18.7 Å². The zero-order valence-electron chi connectivity index (χ0n) is 21.5. The fourth-order valence-corrected chi connectivity index (χ4v) is 4.52. The van der Waals surface area contributed by atoms with Gasteiger partial charge in [0.05, 0.1) is 7.11 Å². The molecule has 3 aromatic carbocycles. The number of carbonyl (C=O) groups excluding carboxylic acids is 2. The maximum atomic E-state index is 12.8. The van der Waals surface area contributed by atoms with Crippen molar-refractivity contribution in [3.63, 3.8) is 0 Å². The average Bonchev–Trinajstić information content (AvgIpc) is 3.46. The molecule has 8 heteroatoms. The summed E-state index contributed by atoms with van der Waals surface area (Å²) in [5.74, 6) is 1.79. The van der Waals surface area contributed by atoms with Crippen molar-refractivity contribution in [3.05, 3.63) is 107 Å². The van der Waals surface area contributed by atoms with Crippen LogP contribution in [0.3, 0.4) is 0 Å². The molecule has 4 aromatic rings. The molecule has 0 aliphatic carbocycles. The van der Waals surface area contributed by atoms with E-state index in [1.807, 2.05) is 53.4 Å². The van der Waals surface area contributed by atoms with Gasteiger partial charge in [0.1, 0.15) is 17.3 Å². The van der Waals surface area contributed by atoms with Gasteiger partial charge in [-0.1, -0.05) is 11.6 Å². The highest BCUT2D eigenvalue weighted by Gasteiger charge is 2.22. The van der Waals surface area contributed by atoms with Gasteiger partial charge in [-0.15, -0.1) is 0 Å². The van der Waals surface area contributed by atoms with E-state index in [9.17, 15) is 9.59 Å². The number of hydrogen-bond acceptors (Lipinski definition) is 5. The molecule has 39 heavy (non-hydrogen) atoms. The van der Waals surface area contributed by atoms with Crippen LogP contribution in [0.5, 0.6) is 5.75 Å². The molecule has 1 fully saturated rings. The SMILES string of the molecule is COc1ccc(C(=O)N2CCN(c3ccc(NC(=O)/C=C/c4ccc(-c5ccc(Cl)cc5)o4)cc3)CC2)cc1. The molecule has 1 aliphatic rings. The first kappa shape index (κ1) is 26.1. The van der Waals surface area contributed by atoms with Crippen LogP contribution in [0.25, 0.3) is 17.4 Å². The number of anilines is 2. The predicted octanol–water partition coefficient (Wildman–Crippen LogP) is 6.22. The van der Waals surface area contributed by atoms with E-state index in [2.05, 4.69) is 10.2 Å². The molecule has 0 spiro atoms. The number of ether oxygens (including phenoxy) is 1. The third-order valence-electron chi connectivity index (χ3n) is 6.56. The molecule has 2 heterocycles. The molecule has 1 aliphatic heterocycles. The Morgan fingerprint density at radius 2 is 1.56 bits per heavy atom. The molecule has 2 amide bonds. The van der Waals surface area contributed by atoms with Gasteiger partial charge in [-0.25, -0.2) is 0 Å². The lowest BCUT2D eigenvalue weighted by molar-refractivity contribution is -0.111. The van der Waals surface area contributed by atoms with Crippen molar-refractivity contribution in [2.24, 2.45) is 0 Å². The summed E-state index contributed by atoms with van der Waals surface area (Å²) in [7, 11) is 1.61. The van der Waals surface area contributed by atoms with Crippen molar-refractivity contribution in [3.8, 4) is 17.1 Å². The molecule has 0 atom stereocenters. The summed E-state index contributed by atoms with van der Waals surface area (Å²) in [6, 6.07) is 25.9. The van der Waals surface area contributed by atoms with Crippen LogP contribution in [0.2, 0.25) is 5.02 Å². The molecular formula is C31H28ClN3O4. The van der Waals surface area contributed by atoms with Gasteiger partial charge in [0.2, 0.25) is 5.91 Å². The number of carbonyl (C=O) groups is 2. The Morgan fingerprint density at radius 3 is 2.23 bits per heavy atom.